The molecule has 1 aromatic carbocycles. The Morgan fingerprint density at radius 3 is 2.69 bits per heavy atom. The number of hydrogen-bond acceptors (Lipinski definition) is 4. The summed E-state index contributed by atoms with van der Waals surface area (Å²) >= 11 is 0. The van der Waals surface area contributed by atoms with E-state index < -0.39 is 0 Å². The number of likely N-dealkylation sites (tertiary alicyclic amines) is 1. The highest BCUT2D eigenvalue weighted by atomic mass is 35.5. The van der Waals surface area contributed by atoms with Gasteiger partial charge in [-0.15, -0.1) is 24.8 Å². The predicted molar refractivity (Wildman–Crippen MR) is 104 cm³/mol. The number of aromatic amines is 1. The van der Waals surface area contributed by atoms with Crippen LogP contribution in [0.15, 0.2) is 41.5 Å². The smallest absolute Gasteiger partial charge is 0.274 e. The lowest BCUT2D eigenvalue weighted by Crippen LogP contribution is -2.35. The molecule has 0 spiro atoms. The zero-order chi connectivity index (χ0) is 16.7. The third-order valence-electron chi connectivity index (χ3n) is 5.22. The van der Waals surface area contributed by atoms with Gasteiger partial charge in [-0.1, -0.05) is 24.3 Å². The topological polar surface area (TPSA) is 78.1 Å². The van der Waals surface area contributed by atoms with E-state index in [0.29, 0.717) is 17.5 Å². The third-order valence-corrected chi connectivity index (χ3v) is 5.22. The van der Waals surface area contributed by atoms with Crippen LogP contribution in [0, 0.1) is 18.8 Å². The number of aromatic nitrogens is 2. The summed E-state index contributed by atoms with van der Waals surface area (Å²) in [6.07, 6.45) is 2.57. The van der Waals surface area contributed by atoms with Gasteiger partial charge >= 0.3 is 0 Å². The maximum absolute atomic E-state index is 13.0. The van der Waals surface area contributed by atoms with Crippen LogP contribution in [0.2, 0.25) is 0 Å². The first-order chi connectivity index (χ1) is 11.6. The monoisotopic (exact) mass is 396 g/mol. The number of nitrogens with one attached hydrogen (secondary N) is 2. The van der Waals surface area contributed by atoms with E-state index in [-0.39, 0.29) is 42.3 Å². The van der Waals surface area contributed by atoms with Crippen molar-refractivity contribution in [3.8, 4) is 0 Å². The van der Waals surface area contributed by atoms with Crippen LogP contribution in [0.4, 0.5) is 0 Å². The number of nitrogens with zero attached hydrogens (tertiary/aromatic N) is 2. The number of amides is 1. The molecule has 3 heterocycles. The summed E-state index contributed by atoms with van der Waals surface area (Å²) in [5, 5.41) is 3.45. The van der Waals surface area contributed by atoms with E-state index in [1.165, 1.54) is 17.3 Å². The van der Waals surface area contributed by atoms with Gasteiger partial charge in [-0.3, -0.25) is 9.59 Å². The van der Waals surface area contributed by atoms with Crippen LogP contribution in [0.3, 0.4) is 0 Å². The van der Waals surface area contributed by atoms with Gasteiger partial charge in [0.05, 0.1) is 12.2 Å². The van der Waals surface area contributed by atoms with Crippen molar-refractivity contribution in [2.24, 2.45) is 11.8 Å². The molecule has 3 atom stereocenters. The van der Waals surface area contributed by atoms with Crippen LogP contribution in [0.5, 0.6) is 0 Å². The highest BCUT2D eigenvalue weighted by Gasteiger charge is 2.47. The number of halogens is 2. The Labute approximate surface area is 164 Å². The second-order valence-electron chi connectivity index (χ2n) is 6.64. The fraction of sp³-hybridized carbons (Fsp3) is 0.389. The van der Waals surface area contributed by atoms with Gasteiger partial charge in [0.25, 0.3) is 11.5 Å². The molecule has 2 aliphatic heterocycles. The lowest BCUT2D eigenvalue weighted by molar-refractivity contribution is 0.0707. The first-order valence-corrected chi connectivity index (χ1v) is 8.27. The Morgan fingerprint density at radius 1 is 1.23 bits per heavy atom. The van der Waals surface area contributed by atoms with E-state index in [9.17, 15) is 9.59 Å². The molecule has 2 saturated heterocycles. The molecule has 2 aliphatic rings. The van der Waals surface area contributed by atoms with E-state index in [4.69, 9.17) is 0 Å². The van der Waals surface area contributed by atoms with E-state index in [1.807, 2.05) is 17.0 Å². The van der Waals surface area contributed by atoms with Crippen molar-refractivity contribution in [3.63, 3.8) is 0 Å². The van der Waals surface area contributed by atoms with Crippen LogP contribution in [-0.2, 0) is 0 Å². The van der Waals surface area contributed by atoms with Crippen LogP contribution in [0.1, 0.15) is 27.7 Å². The molecular formula is C18H22Cl2N4O2. The molecule has 0 unspecified atom stereocenters. The fourth-order valence-corrected chi connectivity index (χ4v) is 4.05. The number of hydrogen-bond donors (Lipinski definition) is 2. The average molecular weight is 397 g/mol. The van der Waals surface area contributed by atoms with E-state index >= 15 is 0 Å². The molecule has 1 amide bonds. The van der Waals surface area contributed by atoms with Crippen molar-refractivity contribution >= 4 is 30.7 Å². The molecule has 0 radical (unpaired) electrons. The van der Waals surface area contributed by atoms with Gasteiger partial charge in [0, 0.05) is 31.7 Å². The number of rotatable bonds is 2. The minimum Gasteiger partial charge on any atom is -0.330 e. The molecule has 26 heavy (non-hydrogen) atoms. The summed E-state index contributed by atoms with van der Waals surface area (Å²) in [4.78, 5) is 32.7. The maximum atomic E-state index is 13.0. The van der Waals surface area contributed by atoms with Gasteiger partial charge in [0.2, 0.25) is 0 Å². The number of aryl methyl sites for hydroxylation is 1. The van der Waals surface area contributed by atoms with Crippen molar-refractivity contribution < 1.29 is 4.79 Å². The molecule has 0 bridgehead atoms. The van der Waals surface area contributed by atoms with Crippen LogP contribution in [0.25, 0.3) is 0 Å². The second kappa shape index (κ2) is 8.20. The molecule has 2 N–H and O–H groups in total. The fourth-order valence-electron chi connectivity index (χ4n) is 4.05. The molecule has 8 heteroatoms. The minimum absolute atomic E-state index is 0. The van der Waals surface area contributed by atoms with Gasteiger partial charge in [-0.2, -0.15) is 0 Å². The van der Waals surface area contributed by atoms with E-state index in [2.05, 4.69) is 34.3 Å². The number of carbonyl (C=O) groups excluding carboxylic acids is 1. The van der Waals surface area contributed by atoms with Crippen LogP contribution >= 0.6 is 24.8 Å². The van der Waals surface area contributed by atoms with Crippen molar-refractivity contribution in [1.82, 2.24) is 20.2 Å². The summed E-state index contributed by atoms with van der Waals surface area (Å²) < 4.78 is 0. The molecule has 2 fully saturated rings. The molecule has 0 saturated carbocycles. The number of H-pyrrole nitrogens is 1. The highest BCUT2D eigenvalue weighted by Crippen LogP contribution is 2.43. The molecule has 6 nitrogen and oxygen atoms in total. The summed E-state index contributed by atoms with van der Waals surface area (Å²) in [6.45, 7) is 4.67. The Hall–Kier alpha value is -1.89. The Kier molecular flexibility index (Phi) is 6.44. The summed E-state index contributed by atoms with van der Waals surface area (Å²) in [5.41, 5.74) is 2.39. The van der Waals surface area contributed by atoms with Crippen molar-refractivity contribution in [1.29, 1.82) is 0 Å². The lowest BCUT2D eigenvalue weighted by Gasteiger charge is -2.29. The van der Waals surface area contributed by atoms with Gasteiger partial charge in [0.1, 0.15) is 5.69 Å². The Morgan fingerprint density at radius 2 is 2.00 bits per heavy atom. The van der Waals surface area contributed by atoms with Crippen molar-refractivity contribution in [2.45, 2.75) is 13.0 Å². The Bertz CT molecular complexity index is 821. The molecule has 4 rings (SSSR count). The summed E-state index contributed by atoms with van der Waals surface area (Å²) in [5.74, 6) is 0.757. The minimum atomic E-state index is -0.301. The zero-order valence-corrected chi connectivity index (χ0v) is 16.0. The van der Waals surface area contributed by atoms with Crippen molar-refractivity contribution in [2.75, 3.05) is 19.6 Å². The summed E-state index contributed by atoms with van der Waals surface area (Å²) in [7, 11) is 0. The largest absolute Gasteiger partial charge is 0.330 e. The molecular weight excluding hydrogens is 375 g/mol. The Balaban J connectivity index is 0.00000121. The zero-order valence-electron chi connectivity index (χ0n) is 14.3. The molecule has 0 aliphatic carbocycles. The number of carbonyl (C=O) groups is 1. The molecule has 140 valence electrons. The average Bonchev–Trinajstić information content (AvgIpc) is 3.16. The van der Waals surface area contributed by atoms with Gasteiger partial charge in [-0.05, 0) is 24.0 Å². The quantitative estimate of drug-likeness (QED) is 0.812. The van der Waals surface area contributed by atoms with Gasteiger partial charge in [0.15, 0.2) is 0 Å². The third kappa shape index (κ3) is 3.49. The van der Waals surface area contributed by atoms with Crippen molar-refractivity contribution in [3.05, 3.63) is 63.8 Å². The summed E-state index contributed by atoms with van der Waals surface area (Å²) in [6, 6.07) is 8.30. The lowest BCUT2D eigenvalue weighted by atomic mass is 9.87. The first-order valence-electron chi connectivity index (χ1n) is 8.27. The maximum Gasteiger partial charge on any atom is 0.274 e. The van der Waals surface area contributed by atoms with Gasteiger partial charge < -0.3 is 15.2 Å². The normalized spacial score (nSPS) is 23.7. The second-order valence-corrected chi connectivity index (χ2v) is 6.64. The van der Waals surface area contributed by atoms with E-state index in [0.717, 1.165) is 25.8 Å². The SMILES string of the molecule is Cc1ccccc1[C@@H]1[C@H]2CNC[C@H]2CN1C(=O)c1c[nH]c(=O)cn1.Cl.Cl. The predicted octanol–water partition coefficient (Wildman–Crippen LogP) is 1.95. The number of benzene rings is 1. The van der Waals surface area contributed by atoms with Crippen LogP contribution in [-0.4, -0.2) is 40.4 Å². The van der Waals surface area contributed by atoms with E-state index in [1.54, 1.807) is 0 Å². The van der Waals surface area contributed by atoms with Crippen LogP contribution < -0.4 is 10.9 Å². The number of fused-ring (bicyclic) bond motifs is 1. The highest BCUT2D eigenvalue weighted by molar-refractivity contribution is 5.92. The molecule has 1 aromatic heterocycles. The van der Waals surface area contributed by atoms with Gasteiger partial charge in [-0.25, -0.2) is 4.98 Å². The molecule has 2 aromatic rings. The first kappa shape index (κ1) is 20.4. The standard InChI is InChI=1S/C18H20N4O2.2ClH/c1-11-4-2-3-5-13(11)17-14-7-19-6-12(14)10-22(17)18(24)15-8-21-16(23)9-20-15;;/h2-5,8-9,12,14,17,19H,6-7,10H2,1H3,(H,21,23);2*1H/t12-,14-,17+;;/m0../s1.